The second-order valence-corrected chi connectivity index (χ2v) is 4.65. The molecule has 0 bridgehead atoms. The average molecular weight is 250 g/mol. The predicted molar refractivity (Wildman–Crippen MR) is 69.5 cm³/mol. The van der Waals surface area contributed by atoms with E-state index < -0.39 is 0 Å². The minimum atomic E-state index is 0.585. The van der Waals surface area contributed by atoms with Crippen molar-refractivity contribution in [3.8, 4) is 0 Å². The van der Waals surface area contributed by atoms with E-state index in [9.17, 15) is 0 Å². The number of alkyl halides is 1. The van der Waals surface area contributed by atoms with Gasteiger partial charge in [0.1, 0.15) is 0 Å². The van der Waals surface area contributed by atoms with E-state index in [1.165, 1.54) is 16.7 Å². The van der Waals surface area contributed by atoms with Gasteiger partial charge in [0.15, 0.2) is 0 Å². The molecular formula is C13H16ClN3. The lowest BCUT2D eigenvalue weighted by molar-refractivity contribution is 0.647. The van der Waals surface area contributed by atoms with Gasteiger partial charge in [-0.15, -0.1) is 16.7 Å². The van der Waals surface area contributed by atoms with Crippen LogP contribution in [0, 0.1) is 13.8 Å². The van der Waals surface area contributed by atoms with Crippen LogP contribution < -0.4 is 0 Å². The van der Waals surface area contributed by atoms with E-state index in [2.05, 4.69) is 42.4 Å². The molecule has 0 aliphatic carbocycles. The first-order chi connectivity index (χ1) is 8.19. The van der Waals surface area contributed by atoms with Crippen molar-refractivity contribution in [3.05, 3.63) is 46.8 Å². The van der Waals surface area contributed by atoms with Crippen LogP contribution in [-0.2, 0) is 13.0 Å². The van der Waals surface area contributed by atoms with Crippen LogP contribution in [0.5, 0.6) is 0 Å². The molecule has 17 heavy (non-hydrogen) atoms. The minimum Gasteiger partial charge on any atom is -0.248 e. The van der Waals surface area contributed by atoms with Crippen molar-refractivity contribution in [1.82, 2.24) is 15.0 Å². The molecule has 0 unspecified atom stereocenters. The lowest BCUT2D eigenvalue weighted by Gasteiger charge is -2.06. The molecule has 3 nitrogen and oxygen atoms in total. The van der Waals surface area contributed by atoms with Gasteiger partial charge >= 0.3 is 0 Å². The van der Waals surface area contributed by atoms with Gasteiger partial charge in [-0.3, -0.25) is 0 Å². The van der Waals surface area contributed by atoms with Gasteiger partial charge < -0.3 is 0 Å². The number of hydrogen-bond donors (Lipinski definition) is 0. The Hall–Kier alpha value is -1.35. The second kappa shape index (κ2) is 5.32. The molecule has 0 radical (unpaired) electrons. The quantitative estimate of drug-likeness (QED) is 0.780. The summed E-state index contributed by atoms with van der Waals surface area (Å²) in [6.45, 7) is 4.98. The highest BCUT2D eigenvalue weighted by Crippen LogP contribution is 2.12. The number of halogens is 1. The molecular weight excluding hydrogens is 234 g/mol. The van der Waals surface area contributed by atoms with Crippen LogP contribution >= 0.6 is 11.6 Å². The molecule has 2 rings (SSSR count). The minimum absolute atomic E-state index is 0.585. The Balaban J connectivity index is 2.16. The summed E-state index contributed by atoms with van der Waals surface area (Å²) in [6.07, 6.45) is 2.73. The van der Waals surface area contributed by atoms with Crippen LogP contribution in [0.15, 0.2) is 24.4 Å². The maximum atomic E-state index is 5.67. The Morgan fingerprint density at radius 2 is 2.12 bits per heavy atom. The van der Waals surface area contributed by atoms with Crippen LogP contribution in [0.25, 0.3) is 0 Å². The van der Waals surface area contributed by atoms with Gasteiger partial charge in [-0.1, -0.05) is 29.0 Å². The molecule has 1 heterocycles. The summed E-state index contributed by atoms with van der Waals surface area (Å²) in [7, 11) is 0. The fraction of sp³-hybridized carbons (Fsp3) is 0.385. The molecule has 0 N–H and O–H groups in total. The molecule has 0 aliphatic rings. The number of aromatic nitrogens is 3. The topological polar surface area (TPSA) is 30.7 Å². The number of hydrogen-bond acceptors (Lipinski definition) is 2. The fourth-order valence-electron chi connectivity index (χ4n) is 1.77. The van der Waals surface area contributed by atoms with Gasteiger partial charge in [-0.05, 0) is 25.0 Å². The second-order valence-electron chi connectivity index (χ2n) is 4.28. The molecule has 0 atom stereocenters. The largest absolute Gasteiger partial charge is 0.248 e. The molecule has 1 aromatic heterocycles. The molecule has 0 saturated carbocycles. The summed E-state index contributed by atoms with van der Waals surface area (Å²) in [5, 5.41) is 8.19. The summed E-state index contributed by atoms with van der Waals surface area (Å²) in [4.78, 5) is 0. The van der Waals surface area contributed by atoms with Crippen LogP contribution in [-0.4, -0.2) is 20.9 Å². The van der Waals surface area contributed by atoms with Gasteiger partial charge in [0.25, 0.3) is 0 Å². The molecule has 90 valence electrons. The number of benzene rings is 1. The first kappa shape index (κ1) is 12.1. The lowest BCUT2D eigenvalue weighted by Crippen LogP contribution is -2.02. The molecule has 4 heteroatoms. The number of rotatable bonds is 4. The van der Waals surface area contributed by atoms with E-state index in [0.717, 1.165) is 18.7 Å². The molecule has 2 aromatic rings. The van der Waals surface area contributed by atoms with Gasteiger partial charge in [-0.25, -0.2) is 4.68 Å². The zero-order chi connectivity index (χ0) is 12.3. The van der Waals surface area contributed by atoms with Crippen LogP contribution in [0.4, 0.5) is 0 Å². The van der Waals surface area contributed by atoms with Crippen molar-refractivity contribution in [1.29, 1.82) is 0 Å². The van der Waals surface area contributed by atoms with Crippen molar-refractivity contribution in [3.63, 3.8) is 0 Å². The molecule has 0 aliphatic heterocycles. The van der Waals surface area contributed by atoms with Crippen molar-refractivity contribution < 1.29 is 0 Å². The molecule has 0 fully saturated rings. The average Bonchev–Trinajstić information content (AvgIpc) is 2.72. The van der Waals surface area contributed by atoms with Crippen molar-refractivity contribution in [2.75, 3.05) is 5.88 Å². The van der Waals surface area contributed by atoms with Crippen molar-refractivity contribution >= 4 is 11.6 Å². The van der Waals surface area contributed by atoms with E-state index in [0.29, 0.717) is 5.88 Å². The van der Waals surface area contributed by atoms with Crippen LogP contribution in [0.3, 0.4) is 0 Å². The summed E-state index contributed by atoms with van der Waals surface area (Å²) >= 11 is 5.67. The highest BCUT2D eigenvalue weighted by Gasteiger charge is 2.03. The molecule has 0 amide bonds. The Morgan fingerprint density at radius 3 is 2.88 bits per heavy atom. The van der Waals surface area contributed by atoms with Crippen LogP contribution in [0.2, 0.25) is 0 Å². The van der Waals surface area contributed by atoms with Crippen molar-refractivity contribution in [2.24, 2.45) is 0 Å². The normalized spacial score (nSPS) is 10.8. The number of aryl methyl sites for hydroxylation is 3. The Labute approximate surface area is 106 Å². The third-order valence-corrected chi connectivity index (χ3v) is 2.96. The molecule has 0 spiro atoms. The van der Waals surface area contributed by atoms with Gasteiger partial charge in [0.2, 0.25) is 0 Å². The Kier molecular flexibility index (Phi) is 3.79. The highest BCUT2D eigenvalue weighted by molar-refractivity contribution is 6.17. The third-order valence-electron chi connectivity index (χ3n) is 2.77. The maximum Gasteiger partial charge on any atom is 0.0839 e. The van der Waals surface area contributed by atoms with Gasteiger partial charge in [0, 0.05) is 18.5 Å². The maximum absolute atomic E-state index is 5.67. The summed E-state index contributed by atoms with van der Waals surface area (Å²) in [6, 6.07) is 6.46. The standard InChI is InChI=1S/C13H16ClN3/c1-10-3-4-11(2)12(7-10)8-17-9-13(5-6-14)15-16-17/h3-4,7,9H,5-6,8H2,1-2H3. The highest BCUT2D eigenvalue weighted by atomic mass is 35.5. The summed E-state index contributed by atoms with van der Waals surface area (Å²) in [5.74, 6) is 0.585. The zero-order valence-corrected chi connectivity index (χ0v) is 10.9. The predicted octanol–water partition coefficient (Wildman–Crippen LogP) is 2.72. The van der Waals surface area contributed by atoms with Gasteiger partial charge in [0.05, 0.1) is 12.2 Å². The smallest absolute Gasteiger partial charge is 0.0839 e. The van der Waals surface area contributed by atoms with E-state index in [-0.39, 0.29) is 0 Å². The van der Waals surface area contributed by atoms with E-state index in [1.54, 1.807) is 0 Å². The molecule has 1 aromatic carbocycles. The van der Waals surface area contributed by atoms with E-state index in [1.807, 2.05) is 10.9 Å². The SMILES string of the molecule is Cc1ccc(C)c(Cn2cc(CCCl)nn2)c1. The first-order valence-electron chi connectivity index (χ1n) is 5.70. The number of nitrogens with zero attached hydrogens (tertiary/aromatic N) is 3. The third kappa shape index (κ3) is 3.07. The first-order valence-corrected chi connectivity index (χ1v) is 6.23. The van der Waals surface area contributed by atoms with E-state index >= 15 is 0 Å². The van der Waals surface area contributed by atoms with Crippen LogP contribution in [0.1, 0.15) is 22.4 Å². The Bertz CT molecular complexity index is 505. The summed E-state index contributed by atoms with van der Waals surface area (Å²) < 4.78 is 1.86. The lowest BCUT2D eigenvalue weighted by atomic mass is 10.1. The Morgan fingerprint density at radius 1 is 1.29 bits per heavy atom. The summed E-state index contributed by atoms with van der Waals surface area (Å²) in [5.41, 5.74) is 4.79. The van der Waals surface area contributed by atoms with Crippen molar-refractivity contribution in [2.45, 2.75) is 26.8 Å². The zero-order valence-electron chi connectivity index (χ0n) is 10.2. The molecule has 0 saturated heterocycles. The van der Waals surface area contributed by atoms with Gasteiger partial charge in [-0.2, -0.15) is 0 Å². The fourth-order valence-corrected chi connectivity index (χ4v) is 1.97. The van der Waals surface area contributed by atoms with E-state index in [4.69, 9.17) is 11.6 Å². The monoisotopic (exact) mass is 249 g/mol.